The van der Waals surface area contributed by atoms with E-state index in [1.54, 1.807) is 0 Å². The minimum absolute atomic E-state index is 0.108. The molecule has 0 aliphatic carbocycles. The topological polar surface area (TPSA) is 69.2 Å². The van der Waals surface area contributed by atoms with Crippen molar-refractivity contribution in [1.29, 1.82) is 0 Å². The third-order valence-corrected chi connectivity index (χ3v) is 2.40. The molecule has 0 heterocycles. The molecule has 19 heavy (non-hydrogen) atoms. The van der Waals surface area contributed by atoms with Crippen LogP contribution in [0.5, 0.6) is 0 Å². The number of halogens is 1. The molecule has 2 rings (SSSR count). The van der Waals surface area contributed by atoms with Crippen LogP contribution in [0.1, 0.15) is 11.1 Å². The van der Waals surface area contributed by atoms with Crippen LogP contribution in [-0.2, 0) is 0 Å². The van der Waals surface area contributed by atoms with E-state index in [0.717, 1.165) is 0 Å². The van der Waals surface area contributed by atoms with E-state index < -0.39 is 4.92 Å². The van der Waals surface area contributed by atoms with Gasteiger partial charge in [0.05, 0.1) is 4.92 Å². The van der Waals surface area contributed by atoms with Gasteiger partial charge in [-0.15, -0.1) is 0 Å². The summed E-state index contributed by atoms with van der Waals surface area (Å²) in [6.07, 6.45) is 0. The molecule has 0 radical (unpaired) electrons. The van der Waals surface area contributed by atoms with Crippen molar-refractivity contribution in [3.63, 3.8) is 0 Å². The summed E-state index contributed by atoms with van der Waals surface area (Å²) >= 11 is 0. The van der Waals surface area contributed by atoms with Crippen molar-refractivity contribution in [2.24, 2.45) is 0 Å². The van der Waals surface area contributed by atoms with Gasteiger partial charge in [-0.2, -0.15) is 0 Å². The van der Waals surface area contributed by atoms with E-state index in [1.807, 2.05) is 0 Å². The van der Waals surface area contributed by atoms with E-state index in [0.29, 0.717) is 11.3 Å². The SMILES string of the molecule is Nc1ccc([N+](=O)[O-])c(C#Cc2ccc(F)cc2)c1. The molecule has 4 nitrogen and oxygen atoms in total. The lowest BCUT2D eigenvalue weighted by atomic mass is 10.1. The van der Waals surface area contributed by atoms with Gasteiger partial charge in [-0.3, -0.25) is 10.1 Å². The van der Waals surface area contributed by atoms with E-state index in [9.17, 15) is 14.5 Å². The maximum absolute atomic E-state index is 12.7. The maximum atomic E-state index is 12.7. The minimum Gasteiger partial charge on any atom is -0.399 e. The number of nitrogen functional groups attached to an aromatic ring is 1. The molecular formula is C14H9FN2O2. The van der Waals surface area contributed by atoms with E-state index >= 15 is 0 Å². The second kappa shape index (κ2) is 5.19. The molecule has 0 fully saturated rings. The molecular weight excluding hydrogens is 247 g/mol. The van der Waals surface area contributed by atoms with Gasteiger partial charge in [0.15, 0.2) is 0 Å². The lowest BCUT2D eigenvalue weighted by Crippen LogP contribution is -1.94. The zero-order chi connectivity index (χ0) is 13.8. The summed E-state index contributed by atoms with van der Waals surface area (Å²) in [5.74, 6) is 5.05. The van der Waals surface area contributed by atoms with Crippen LogP contribution >= 0.6 is 0 Å². The number of nitrogens with two attached hydrogens (primary N) is 1. The van der Waals surface area contributed by atoms with Crippen molar-refractivity contribution in [2.45, 2.75) is 0 Å². The number of nitro groups is 1. The molecule has 94 valence electrons. The summed E-state index contributed by atoms with van der Waals surface area (Å²) in [7, 11) is 0. The minimum atomic E-state index is -0.520. The Morgan fingerprint density at radius 1 is 1.11 bits per heavy atom. The van der Waals surface area contributed by atoms with Crippen LogP contribution in [0, 0.1) is 27.8 Å². The van der Waals surface area contributed by atoms with Gasteiger partial charge in [-0.25, -0.2) is 4.39 Å². The Kier molecular flexibility index (Phi) is 3.44. The average Bonchev–Trinajstić information content (AvgIpc) is 2.38. The predicted octanol–water partition coefficient (Wildman–Crippen LogP) is 2.72. The molecule has 0 aromatic heterocycles. The molecule has 0 saturated heterocycles. The first kappa shape index (κ1) is 12.6. The van der Waals surface area contributed by atoms with Gasteiger partial charge in [-0.1, -0.05) is 11.8 Å². The van der Waals surface area contributed by atoms with Crippen LogP contribution in [0.4, 0.5) is 15.8 Å². The summed E-state index contributed by atoms with van der Waals surface area (Å²) in [6.45, 7) is 0. The molecule has 0 amide bonds. The number of anilines is 1. The quantitative estimate of drug-likeness (QED) is 0.369. The Morgan fingerprint density at radius 2 is 1.79 bits per heavy atom. The third kappa shape index (κ3) is 3.07. The number of nitrogens with zero attached hydrogens (tertiary/aromatic N) is 1. The standard InChI is InChI=1S/C14H9FN2O2/c15-12-5-2-10(3-6-12)1-4-11-9-13(16)7-8-14(11)17(18)19/h2-3,5-9H,16H2. The highest BCUT2D eigenvalue weighted by atomic mass is 19.1. The van der Waals surface area contributed by atoms with Gasteiger partial charge in [0.25, 0.3) is 5.69 Å². The molecule has 2 N–H and O–H groups in total. The van der Waals surface area contributed by atoms with Crippen molar-refractivity contribution in [3.8, 4) is 11.8 Å². The fraction of sp³-hybridized carbons (Fsp3) is 0. The molecule has 5 heteroatoms. The van der Waals surface area contributed by atoms with Gasteiger partial charge in [-0.05, 0) is 36.4 Å². The fourth-order valence-electron chi connectivity index (χ4n) is 1.49. The van der Waals surface area contributed by atoms with E-state index in [-0.39, 0.29) is 17.1 Å². The molecule has 0 aliphatic heterocycles. The van der Waals surface area contributed by atoms with E-state index in [4.69, 9.17) is 5.73 Å². The van der Waals surface area contributed by atoms with Gasteiger partial charge >= 0.3 is 0 Å². The molecule has 0 atom stereocenters. The highest BCUT2D eigenvalue weighted by molar-refractivity contribution is 5.59. The molecule has 2 aromatic rings. The average molecular weight is 256 g/mol. The Labute approximate surface area is 108 Å². The van der Waals surface area contributed by atoms with Crippen molar-refractivity contribution < 1.29 is 9.31 Å². The van der Waals surface area contributed by atoms with Crippen LogP contribution in [0.3, 0.4) is 0 Å². The smallest absolute Gasteiger partial charge is 0.285 e. The Bertz CT molecular complexity index is 685. The lowest BCUT2D eigenvalue weighted by Gasteiger charge is -1.97. The first-order chi connectivity index (χ1) is 9.06. The zero-order valence-electron chi connectivity index (χ0n) is 9.76. The molecule has 0 bridgehead atoms. The van der Waals surface area contributed by atoms with Crippen LogP contribution in [0.15, 0.2) is 42.5 Å². The highest BCUT2D eigenvalue weighted by Gasteiger charge is 2.11. The second-order valence-electron chi connectivity index (χ2n) is 3.79. The van der Waals surface area contributed by atoms with Gasteiger partial charge in [0.1, 0.15) is 11.4 Å². The number of benzene rings is 2. The Morgan fingerprint density at radius 3 is 2.42 bits per heavy atom. The van der Waals surface area contributed by atoms with Crippen molar-refractivity contribution >= 4 is 11.4 Å². The first-order valence-electron chi connectivity index (χ1n) is 5.38. The predicted molar refractivity (Wildman–Crippen MR) is 69.9 cm³/mol. The normalized spacial score (nSPS) is 9.53. The lowest BCUT2D eigenvalue weighted by molar-refractivity contribution is -0.385. The number of hydrogen-bond donors (Lipinski definition) is 1. The number of nitro benzene ring substituents is 1. The summed E-state index contributed by atoms with van der Waals surface area (Å²) < 4.78 is 12.7. The zero-order valence-corrected chi connectivity index (χ0v) is 9.76. The Hall–Kier alpha value is -2.87. The van der Waals surface area contributed by atoms with Gasteiger partial charge in [0.2, 0.25) is 0 Å². The summed E-state index contributed by atoms with van der Waals surface area (Å²) in [6, 6.07) is 9.75. The monoisotopic (exact) mass is 256 g/mol. The number of hydrogen-bond acceptors (Lipinski definition) is 3. The number of rotatable bonds is 1. The molecule has 0 spiro atoms. The van der Waals surface area contributed by atoms with E-state index in [1.165, 1.54) is 42.5 Å². The highest BCUT2D eigenvalue weighted by Crippen LogP contribution is 2.20. The second-order valence-corrected chi connectivity index (χ2v) is 3.79. The Balaban J connectivity index is 2.41. The molecule has 0 unspecified atom stereocenters. The van der Waals surface area contributed by atoms with Crippen molar-refractivity contribution in [2.75, 3.05) is 5.73 Å². The first-order valence-corrected chi connectivity index (χ1v) is 5.38. The van der Waals surface area contributed by atoms with Crippen molar-refractivity contribution in [3.05, 3.63) is 69.5 Å². The third-order valence-electron chi connectivity index (χ3n) is 2.40. The molecule has 2 aromatic carbocycles. The van der Waals surface area contributed by atoms with Crippen LogP contribution in [0.2, 0.25) is 0 Å². The fourth-order valence-corrected chi connectivity index (χ4v) is 1.49. The largest absolute Gasteiger partial charge is 0.399 e. The summed E-state index contributed by atoms with van der Waals surface area (Å²) in [5.41, 5.74) is 6.66. The molecule has 0 saturated carbocycles. The van der Waals surface area contributed by atoms with Crippen LogP contribution < -0.4 is 5.73 Å². The van der Waals surface area contributed by atoms with Crippen LogP contribution in [-0.4, -0.2) is 4.92 Å². The van der Waals surface area contributed by atoms with Crippen molar-refractivity contribution in [1.82, 2.24) is 0 Å². The maximum Gasteiger partial charge on any atom is 0.285 e. The van der Waals surface area contributed by atoms with Gasteiger partial charge < -0.3 is 5.73 Å². The van der Waals surface area contributed by atoms with E-state index in [2.05, 4.69) is 11.8 Å². The summed E-state index contributed by atoms with van der Waals surface area (Å²) in [5, 5.41) is 10.8. The van der Waals surface area contributed by atoms with Gasteiger partial charge in [0, 0.05) is 17.3 Å². The molecule has 0 aliphatic rings. The van der Waals surface area contributed by atoms with Crippen LogP contribution in [0.25, 0.3) is 0 Å². The summed E-state index contributed by atoms with van der Waals surface area (Å²) in [4.78, 5) is 10.3.